The van der Waals surface area contributed by atoms with Crippen LogP contribution in [0.4, 0.5) is 5.69 Å². The molecule has 0 fully saturated rings. The number of nitrogens with two attached hydrogens (primary N) is 1. The molecule has 0 saturated heterocycles. The predicted molar refractivity (Wildman–Crippen MR) is 86.2 cm³/mol. The maximum absolute atomic E-state index is 11.8. The van der Waals surface area contributed by atoms with Crippen molar-refractivity contribution in [2.75, 3.05) is 12.8 Å². The Labute approximate surface area is 129 Å². The lowest BCUT2D eigenvalue weighted by Gasteiger charge is -2.06. The highest BCUT2D eigenvalue weighted by atomic mass is 35.5. The van der Waals surface area contributed by atoms with Gasteiger partial charge in [0.2, 0.25) is 0 Å². The highest BCUT2D eigenvalue weighted by Crippen LogP contribution is 2.30. The first-order valence-electron chi connectivity index (χ1n) is 6.87. The average Bonchev–Trinajstić information content (AvgIpc) is 2.78. The second-order valence-corrected chi connectivity index (χ2v) is 4.99. The zero-order valence-corrected chi connectivity index (χ0v) is 13.1. The molecule has 21 heavy (non-hydrogen) atoms. The van der Waals surface area contributed by atoms with Crippen molar-refractivity contribution in [1.82, 2.24) is 9.88 Å². The first-order valence-corrected chi connectivity index (χ1v) is 7.25. The van der Waals surface area contributed by atoms with Crippen LogP contribution < -0.4 is 5.73 Å². The van der Waals surface area contributed by atoms with Gasteiger partial charge in [-0.2, -0.15) is 0 Å². The number of nitrogens with zero attached hydrogens (tertiary/aromatic N) is 2. The lowest BCUT2D eigenvalue weighted by molar-refractivity contribution is 0.0816. The third kappa shape index (κ3) is 2.85. The van der Waals surface area contributed by atoms with Crippen LogP contribution in [0.3, 0.4) is 0 Å². The molecule has 4 nitrogen and oxygen atoms in total. The highest BCUT2D eigenvalue weighted by molar-refractivity contribution is 6.29. The van der Waals surface area contributed by atoms with Crippen molar-refractivity contribution in [2.24, 2.45) is 0 Å². The fourth-order valence-corrected chi connectivity index (χ4v) is 2.44. The van der Waals surface area contributed by atoms with Gasteiger partial charge >= 0.3 is 0 Å². The minimum Gasteiger partial charge on any atom is -0.397 e. The molecule has 3 rings (SSSR count). The van der Waals surface area contributed by atoms with Crippen molar-refractivity contribution >= 4 is 23.2 Å². The second-order valence-electron chi connectivity index (χ2n) is 4.60. The monoisotopic (exact) mass is 303 g/mol. The molecule has 0 radical (unpaired) electrons. The van der Waals surface area contributed by atoms with E-state index < -0.39 is 0 Å². The maximum Gasteiger partial charge on any atom is 0.254 e. The van der Waals surface area contributed by atoms with Crippen LogP contribution in [0, 0.1) is 0 Å². The number of fused-ring (bicyclic) bond motifs is 1. The number of carbonyl (C=O) groups excluding carboxylic acids is 1. The molecule has 1 aliphatic rings. The number of halogens is 1. The molecule has 1 amide bonds. The predicted octanol–water partition coefficient (Wildman–Crippen LogP) is 3.60. The minimum absolute atomic E-state index is 0.0496. The van der Waals surface area contributed by atoms with Crippen LogP contribution in [0.1, 0.15) is 29.8 Å². The van der Waals surface area contributed by atoms with E-state index in [-0.39, 0.29) is 5.91 Å². The van der Waals surface area contributed by atoms with Crippen molar-refractivity contribution < 1.29 is 4.79 Å². The van der Waals surface area contributed by atoms with Gasteiger partial charge in [0.15, 0.2) is 0 Å². The molecule has 2 N–H and O–H groups in total. The summed E-state index contributed by atoms with van der Waals surface area (Å²) in [5, 5.41) is 0.401. The van der Waals surface area contributed by atoms with Gasteiger partial charge in [-0.3, -0.25) is 4.79 Å². The van der Waals surface area contributed by atoms with Crippen LogP contribution in [0.25, 0.3) is 11.3 Å². The van der Waals surface area contributed by atoms with Crippen LogP contribution in [-0.4, -0.2) is 22.8 Å². The Hall–Kier alpha value is -2.07. The summed E-state index contributed by atoms with van der Waals surface area (Å²) >= 11 is 5.90. The molecule has 0 saturated carbocycles. The van der Waals surface area contributed by atoms with Crippen LogP contribution in [-0.2, 0) is 6.54 Å². The molecule has 0 spiro atoms. The van der Waals surface area contributed by atoms with Crippen LogP contribution in [0.2, 0.25) is 5.15 Å². The van der Waals surface area contributed by atoms with Crippen molar-refractivity contribution in [2.45, 2.75) is 20.4 Å². The first-order chi connectivity index (χ1) is 10.1. The number of benzene rings is 1. The van der Waals surface area contributed by atoms with E-state index in [2.05, 4.69) is 4.98 Å². The molecule has 110 valence electrons. The highest BCUT2D eigenvalue weighted by Gasteiger charge is 2.24. The quantitative estimate of drug-likeness (QED) is 0.819. The number of anilines is 1. The number of hydrogen-bond acceptors (Lipinski definition) is 3. The molecule has 0 aliphatic carbocycles. The molecular formula is C16H18ClN3O. The third-order valence-corrected chi connectivity index (χ3v) is 3.47. The molecule has 1 aromatic heterocycles. The molecule has 1 aromatic carbocycles. The van der Waals surface area contributed by atoms with Crippen molar-refractivity contribution in [3.05, 3.63) is 46.6 Å². The van der Waals surface area contributed by atoms with E-state index in [1.807, 2.05) is 32.0 Å². The topological polar surface area (TPSA) is 59.2 Å². The number of aromatic nitrogens is 1. The summed E-state index contributed by atoms with van der Waals surface area (Å²) in [5.74, 6) is 0.0496. The smallest absolute Gasteiger partial charge is 0.254 e. The molecule has 0 unspecified atom stereocenters. The fraction of sp³-hybridized carbons (Fsp3) is 0.250. The Morgan fingerprint density at radius 3 is 2.67 bits per heavy atom. The minimum atomic E-state index is 0.0496. The summed E-state index contributed by atoms with van der Waals surface area (Å²) < 4.78 is 0. The van der Waals surface area contributed by atoms with E-state index in [4.69, 9.17) is 17.3 Å². The molecule has 5 heteroatoms. The first kappa shape index (κ1) is 15.3. The van der Waals surface area contributed by atoms with E-state index in [1.54, 1.807) is 24.1 Å². The number of carbonyl (C=O) groups is 1. The molecule has 1 aliphatic heterocycles. The molecule has 0 bridgehead atoms. The third-order valence-electron chi connectivity index (χ3n) is 3.26. The van der Waals surface area contributed by atoms with Crippen LogP contribution >= 0.6 is 11.6 Å². The van der Waals surface area contributed by atoms with Gasteiger partial charge in [-0.15, -0.1) is 0 Å². The van der Waals surface area contributed by atoms with Gasteiger partial charge in [-0.05, 0) is 29.8 Å². The fourth-order valence-electron chi connectivity index (χ4n) is 2.29. The number of rotatable bonds is 1. The Balaban J connectivity index is 0.000000774. The standard InChI is InChI=1S/C14H12ClN3O.C2H6/c1-18-7-9-6-8(2-3-10(9)14(18)19)13-11(16)4-5-12(15)17-13;1-2/h2-6H,7,16H2,1H3;1-2H3. The van der Waals surface area contributed by atoms with Crippen molar-refractivity contribution in [1.29, 1.82) is 0 Å². The number of nitrogen functional groups attached to an aromatic ring is 1. The lowest BCUT2D eigenvalue weighted by atomic mass is 10.0. The number of pyridine rings is 1. The molecule has 2 heterocycles. The number of amides is 1. The summed E-state index contributed by atoms with van der Waals surface area (Å²) in [4.78, 5) is 17.8. The maximum atomic E-state index is 11.8. The van der Waals surface area contributed by atoms with Gasteiger partial charge in [0.25, 0.3) is 5.91 Å². The Kier molecular flexibility index (Phi) is 4.48. The summed E-state index contributed by atoms with van der Waals surface area (Å²) in [6.45, 7) is 4.61. The van der Waals surface area contributed by atoms with Crippen LogP contribution in [0.5, 0.6) is 0 Å². The summed E-state index contributed by atoms with van der Waals surface area (Å²) in [6, 6.07) is 9.01. The van der Waals surface area contributed by atoms with Gasteiger partial charge < -0.3 is 10.6 Å². The number of hydrogen-bond donors (Lipinski definition) is 1. The molecular weight excluding hydrogens is 286 g/mol. The Bertz CT molecular complexity index is 685. The van der Waals surface area contributed by atoms with Crippen molar-refractivity contribution in [3.63, 3.8) is 0 Å². The zero-order valence-electron chi connectivity index (χ0n) is 12.4. The van der Waals surface area contributed by atoms with Crippen LogP contribution in [0.15, 0.2) is 30.3 Å². The average molecular weight is 304 g/mol. The Morgan fingerprint density at radius 1 is 1.24 bits per heavy atom. The summed E-state index contributed by atoms with van der Waals surface area (Å²) in [7, 11) is 1.79. The normalized spacial score (nSPS) is 12.8. The van der Waals surface area contributed by atoms with Gasteiger partial charge in [0.05, 0.1) is 11.4 Å². The SMILES string of the molecule is CC.CN1Cc2cc(-c3nc(Cl)ccc3N)ccc2C1=O. The van der Waals surface area contributed by atoms with Gasteiger partial charge in [-0.1, -0.05) is 31.5 Å². The zero-order chi connectivity index (χ0) is 15.6. The van der Waals surface area contributed by atoms with Gasteiger partial charge in [0, 0.05) is 24.7 Å². The van der Waals surface area contributed by atoms with E-state index in [9.17, 15) is 4.79 Å². The Morgan fingerprint density at radius 2 is 1.95 bits per heavy atom. The van der Waals surface area contributed by atoms with Gasteiger partial charge in [-0.25, -0.2) is 4.98 Å². The van der Waals surface area contributed by atoms with E-state index in [0.29, 0.717) is 23.1 Å². The van der Waals surface area contributed by atoms with Crippen molar-refractivity contribution in [3.8, 4) is 11.3 Å². The summed E-state index contributed by atoms with van der Waals surface area (Å²) in [5.41, 5.74) is 9.76. The van der Waals surface area contributed by atoms with E-state index in [1.165, 1.54) is 0 Å². The van der Waals surface area contributed by atoms with Gasteiger partial charge in [0.1, 0.15) is 5.15 Å². The summed E-state index contributed by atoms with van der Waals surface area (Å²) in [6.07, 6.45) is 0. The lowest BCUT2D eigenvalue weighted by Crippen LogP contribution is -2.17. The largest absolute Gasteiger partial charge is 0.397 e. The van der Waals surface area contributed by atoms with E-state index >= 15 is 0 Å². The molecule has 0 atom stereocenters. The van der Waals surface area contributed by atoms with E-state index in [0.717, 1.165) is 16.7 Å². The second kappa shape index (κ2) is 6.14. The molecule has 2 aromatic rings.